The van der Waals surface area contributed by atoms with Crippen molar-refractivity contribution in [2.24, 2.45) is 10.9 Å². The van der Waals surface area contributed by atoms with Crippen LogP contribution in [0.1, 0.15) is 16.7 Å². The van der Waals surface area contributed by atoms with Crippen LogP contribution in [0.15, 0.2) is 72.1 Å². The molecule has 0 amide bonds. The maximum atomic E-state index is 13.4. The van der Waals surface area contributed by atoms with E-state index in [0.29, 0.717) is 29.2 Å². The van der Waals surface area contributed by atoms with Gasteiger partial charge in [0.1, 0.15) is 30.5 Å². The molecule has 0 saturated heterocycles. The number of nitrogens with zero attached hydrogens (tertiary/aromatic N) is 2. The molecule has 0 aliphatic heterocycles. The highest BCUT2D eigenvalue weighted by Gasteiger charge is 2.06. The summed E-state index contributed by atoms with van der Waals surface area (Å²) in [5.41, 5.74) is 8.13. The first-order valence-corrected chi connectivity index (χ1v) is 8.55. The highest BCUT2D eigenvalue weighted by molar-refractivity contribution is 5.97. The molecule has 3 rings (SSSR count). The summed E-state index contributed by atoms with van der Waals surface area (Å²) < 4.78 is 24.3. The molecule has 6 nitrogen and oxygen atoms in total. The molecule has 0 bridgehead atoms. The number of oxime groups is 1. The molecule has 0 saturated carbocycles. The van der Waals surface area contributed by atoms with Crippen molar-refractivity contribution in [2.75, 3.05) is 7.11 Å². The number of rotatable bonds is 8. The predicted molar refractivity (Wildman–Crippen MR) is 103 cm³/mol. The van der Waals surface area contributed by atoms with Crippen LogP contribution in [0.25, 0.3) is 0 Å². The number of methoxy groups -OCH3 is 1. The van der Waals surface area contributed by atoms with Crippen molar-refractivity contribution >= 4 is 5.84 Å². The molecule has 2 aromatic carbocycles. The maximum absolute atomic E-state index is 13.4. The van der Waals surface area contributed by atoms with Crippen molar-refractivity contribution in [1.82, 2.24) is 4.98 Å². The average molecular weight is 381 g/mol. The van der Waals surface area contributed by atoms with E-state index in [4.69, 9.17) is 20.0 Å². The van der Waals surface area contributed by atoms with Crippen molar-refractivity contribution in [1.29, 1.82) is 0 Å². The summed E-state index contributed by atoms with van der Waals surface area (Å²) in [6.07, 6.45) is 3.45. The van der Waals surface area contributed by atoms with E-state index < -0.39 is 0 Å². The van der Waals surface area contributed by atoms with Gasteiger partial charge in [-0.05, 0) is 36.4 Å². The minimum absolute atomic E-state index is 0.0266. The quantitative estimate of drug-likeness (QED) is 0.366. The molecular weight excluding hydrogens is 361 g/mol. The van der Waals surface area contributed by atoms with E-state index in [0.717, 1.165) is 5.56 Å². The SMILES string of the molecule is COc1ccc(F)cc1CO/N=C(/N)c1cccc(OCc2cccnc2)c1. The highest BCUT2D eigenvalue weighted by atomic mass is 19.1. The Balaban J connectivity index is 1.62. The van der Waals surface area contributed by atoms with Gasteiger partial charge in [-0.25, -0.2) is 4.39 Å². The van der Waals surface area contributed by atoms with Crippen LogP contribution >= 0.6 is 0 Å². The van der Waals surface area contributed by atoms with Gasteiger partial charge in [-0.3, -0.25) is 4.98 Å². The number of nitrogens with two attached hydrogens (primary N) is 1. The smallest absolute Gasteiger partial charge is 0.170 e. The first kappa shape index (κ1) is 19.2. The lowest BCUT2D eigenvalue weighted by molar-refractivity contribution is 0.128. The van der Waals surface area contributed by atoms with E-state index >= 15 is 0 Å². The van der Waals surface area contributed by atoms with E-state index in [1.807, 2.05) is 24.3 Å². The van der Waals surface area contributed by atoms with E-state index in [9.17, 15) is 4.39 Å². The molecular formula is C21H20FN3O3. The minimum atomic E-state index is -0.380. The van der Waals surface area contributed by atoms with Crippen molar-refractivity contribution in [3.05, 3.63) is 89.5 Å². The van der Waals surface area contributed by atoms with Crippen LogP contribution in [0.3, 0.4) is 0 Å². The fraction of sp³-hybridized carbons (Fsp3) is 0.143. The lowest BCUT2D eigenvalue weighted by Gasteiger charge is -2.09. The van der Waals surface area contributed by atoms with Crippen LogP contribution < -0.4 is 15.2 Å². The van der Waals surface area contributed by atoms with Crippen molar-refractivity contribution in [3.63, 3.8) is 0 Å². The van der Waals surface area contributed by atoms with Gasteiger partial charge in [0.15, 0.2) is 5.84 Å². The Morgan fingerprint density at radius 2 is 2.00 bits per heavy atom. The van der Waals surface area contributed by atoms with Gasteiger partial charge in [0, 0.05) is 29.1 Å². The number of amidine groups is 1. The number of aromatic nitrogens is 1. The molecule has 0 aliphatic carbocycles. The molecule has 0 fully saturated rings. The fourth-order valence-electron chi connectivity index (χ4n) is 2.48. The zero-order valence-corrected chi connectivity index (χ0v) is 15.3. The summed E-state index contributed by atoms with van der Waals surface area (Å²) in [4.78, 5) is 9.32. The molecule has 2 N–H and O–H groups in total. The Morgan fingerprint density at radius 3 is 2.79 bits per heavy atom. The van der Waals surface area contributed by atoms with Crippen molar-refractivity contribution in [3.8, 4) is 11.5 Å². The molecule has 7 heteroatoms. The summed E-state index contributed by atoms with van der Waals surface area (Å²) in [5, 5.41) is 3.91. The second-order valence-corrected chi connectivity index (χ2v) is 5.88. The molecule has 1 aromatic heterocycles. The molecule has 144 valence electrons. The standard InChI is InChI=1S/C21H20FN3O3/c1-26-20-8-7-18(22)10-17(20)14-28-25-21(23)16-5-2-6-19(11-16)27-13-15-4-3-9-24-12-15/h2-12H,13-14H2,1H3,(H2,23,25). The number of hydrogen-bond acceptors (Lipinski definition) is 5. The molecule has 0 radical (unpaired) electrons. The maximum Gasteiger partial charge on any atom is 0.170 e. The number of benzene rings is 2. The highest BCUT2D eigenvalue weighted by Crippen LogP contribution is 2.20. The largest absolute Gasteiger partial charge is 0.496 e. The van der Waals surface area contributed by atoms with E-state index in [-0.39, 0.29) is 18.3 Å². The van der Waals surface area contributed by atoms with Crippen LogP contribution in [0.4, 0.5) is 4.39 Å². The van der Waals surface area contributed by atoms with Gasteiger partial charge in [-0.1, -0.05) is 23.4 Å². The number of pyridine rings is 1. The zero-order valence-electron chi connectivity index (χ0n) is 15.3. The van der Waals surface area contributed by atoms with Crippen LogP contribution in [0.2, 0.25) is 0 Å². The summed E-state index contributed by atoms with van der Waals surface area (Å²) >= 11 is 0. The molecule has 0 unspecified atom stereocenters. The van der Waals surface area contributed by atoms with E-state index in [1.54, 1.807) is 24.5 Å². The lowest BCUT2D eigenvalue weighted by Crippen LogP contribution is -2.14. The minimum Gasteiger partial charge on any atom is -0.496 e. The molecule has 0 atom stereocenters. The molecule has 3 aromatic rings. The second-order valence-electron chi connectivity index (χ2n) is 5.88. The summed E-state index contributed by atoms with van der Waals surface area (Å²) in [6.45, 7) is 0.420. The normalized spacial score (nSPS) is 11.1. The average Bonchev–Trinajstić information content (AvgIpc) is 2.73. The summed E-state index contributed by atoms with van der Waals surface area (Å²) in [5.74, 6) is 0.962. The third kappa shape index (κ3) is 5.20. The zero-order chi connectivity index (χ0) is 19.8. The number of ether oxygens (including phenoxy) is 2. The van der Waals surface area contributed by atoms with Gasteiger partial charge >= 0.3 is 0 Å². The summed E-state index contributed by atoms with van der Waals surface area (Å²) in [6, 6.07) is 15.2. The molecule has 1 heterocycles. The monoisotopic (exact) mass is 381 g/mol. The van der Waals surface area contributed by atoms with Crippen molar-refractivity contribution < 1.29 is 18.7 Å². The van der Waals surface area contributed by atoms with Gasteiger partial charge in [0.2, 0.25) is 0 Å². The number of halogens is 1. The van der Waals surface area contributed by atoms with Gasteiger partial charge in [-0.2, -0.15) is 0 Å². The van der Waals surface area contributed by atoms with E-state index in [1.165, 1.54) is 25.3 Å². The Morgan fingerprint density at radius 1 is 1.11 bits per heavy atom. The predicted octanol–water partition coefficient (Wildman–Crippen LogP) is 3.65. The van der Waals surface area contributed by atoms with Crippen LogP contribution in [-0.2, 0) is 18.1 Å². The van der Waals surface area contributed by atoms with Crippen LogP contribution in [0.5, 0.6) is 11.5 Å². The third-order valence-electron chi connectivity index (χ3n) is 3.88. The van der Waals surface area contributed by atoms with Crippen LogP contribution in [-0.4, -0.2) is 17.9 Å². The Hall–Kier alpha value is -3.61. The van der Waals surface area contributed by atoms with E-state index in [2.05, 4.69) is 10.1 Å². The molecule has 0 aliphatic rings. The first-order valence-electron chi connectivity index (χ1n) is 8.55. The van der Waals surface area contributed by atoms with Gasteiger partial charge < -0.3 is 20.0 Å². The number of hydrogen-bond donors (Lipinski definition) is 1. The van der Waals surface area contributed by atoms with Gasteiger partial charge in [-0.15, -0.1) is 0 Å². The topological polar surface area (TPSA) is 79.0 Å². The van der Waals surface area contributed by atoms with Gasteiger partial charge in [0.05, 0.1) is 7.11 Å². The second kappa shape index (κ2) is 9.36. The molecule has 0 spiro atoms. The van der Waals surface area contributed by atoms with Crippen molar-refractivity contribution in [2.45, 2.75) is 13.2 Å². The van der Waals surface area contributed by atoms with Gasteiger partial charge in [0.25, 0.3) is 0 Å². The Kier molecular flexibility index (Phi) is 6.41. The lowest BCUT2D eigenvalue weighted by atomic mass is 10.2. The van der Waals surface area contributed by atoms with Crippen LogP contribution in [0, 0.1) is 5.82 Å². The molecule has 28 heavy (non-hydrogen) atoms. The summed E-state index contributed by atoms with van der Waals surface area (Å²) in [7, 11) is 1.51. The first-order chi connectivity index (χ1) is 13.7. The third-order valence-corrected chi connectivity index (χ3v) is 3.88. The Labute approximate surface area is 162 Å². The Bertz CT molecular complexity index is 949. The fourth-order valence-corrected chi connectivity index (χ4v) is 2.48.